The van der Waals surface area contributed by atoms with E-state index in [0.29, 0.717) is 13.0 Å². The number of piperidine rings is 1. The van der Waals surface area contributed by atoms with Crippen molar-refractivity contribution in [3.8, 4) is 11.5 Å². The highest BCUT2D eigenvalue weighted by molar-refractivity contribution is 5.81. The number of fused-ring (bicyclic) bond motifs is 1. The van der Waals surface area contributed by atoms with Crippen LogP contribution < -0.4 is 4.74 Å². The maximum Gasteiger partial charge on any atom is 0.352 e. The lowest BCUT2D eigenvalue weighted by atomic mass is 9.54. The zero-order valence-corrected chi connectivity index (χ0v) is 19.5. The van der Waals surface area contributed by atoms with Gasteiger partial charge in [0, 0.05) is 18.0 Å². The number of esters is 2. The molecule has 33 heavy (non-hydrogen) atoms. The first-order valence-corrected chi connectivity index (χ1v) is 11.2. The van der Waals surface area contributed by atoms with Crippen molar-refractivity contribution in [1.82, 2.24) is 4.90 Å². The molecule has 2 heterocycles. The van der Waals surface area contributed by atoms with E-state index in [-0.39, 0.29) is 29.7 Å². The number of benzene rings is 1. The largest absolute Gasteiger partial charge is 0.504 e. The van der Waals surface area contributed by atoms with Crippen LogP contribution in [0.2, 0.25) is 0 Å². The van der Waals surface area contributed by atoms with Crippen LogP contribution in [0.25, 0.3) is 0 Å². The molecule has 0 aromatic heterocycles. The van der Waals surface area contributed by atoms with Gasteiger partial charge in [-0.3, -0.25) is 0 Å². The monoisotopic (exact) mass is 461 g/mol. The Kier molecular flexibility index (Phi) is 5.71. The summed E-state index contributed by atoms with van der Waals surface area (Å²) < 4.78 is 16.8. The van der Waals surface area contributed by atoms with Gasteiger partial charge in [-0.1, -0.05) is 6.07 Å². The van der Waals surface area contributed by atoms with Crippen LogP contribution in [0.3, 0.4) is 0 Å². The summed E-state index contributed by atoms with van der Waals surface area (Å²) in [7, 11) is 1.95. The molecule has 9 nitrogen and oxygen atoms in total. The number of phenols is 1. The van der Waals surface area contributed by atoms with Crippen LogP contribution in [-0.2, 0) is 24.5 Å². The molecule has 3 N–H and O–H groups in total. The van der Waals surface area contributed by atoms with Crippen LogP contribution in [-0.4, -0.2) is 75.7 Å². The molecule has 4 rings (SSSR count). The summed E-state index contributed by atoms with van der Waals surface area (Å²) in [5, 5.41) is 32.0. The number of nitrogens with zero attached hydrogens (tertiary/aromatic N) is 1. The van der Waals surface area contributed by atoms with Crippen LogP contribution in [0.1, 0.15) is 44.7 Å². The Morgan fingerprint density at radius 2 is 1.97 bits per heavy atom. The molecular weight excluding hydrogens is 430 g/mol. The third-order valence-corrected chi connectivity index (χ3v) is 7.52. The van der Waals surface area contributed by atoms with Gasteiger partial charge in [0.2, 0.25) is 0 Å². The lowest BCUT2D eigenvalue weighted by molar-refractivity contribution is -0.174. The molecular formula is C24H31NO8. The fourth-order valence-corrected chi connectivity index (χ4v) is 5.53. The van der Waals surface area contributed by atoms with Crippen molar-refractivity contribution >= 4 is 11.9 Å². The number of carbonyl (C=O) groups is 2. The Morgan fingerprint density at radius 3 is 2.64 bits per heavy atom. The highest BCUT2D eigenvalue weighted by Gasteiger charge is 2.69. The molecule has 0 radical (unpaired) electrons. The fraction of sp³-hybridized carbons (Fsp3) is 0.583. The number of aryl methyl sites for hydroxylation is 1. The summed E-state index contributed by atoms with van der Waals surface area (Å²) in [6.07, 6.45) is -1.10. The fourth-order valence-electron chi connectivity index (χ4n) is 5.53. The third-order valence-electron chi connectivity index (χ3n) is 7.52. The predicted molar refractivity (Wildman–Crippen MR) is 117 cm³/mol. The summed E-state index contributed by atoms with van der Waals surface area (Å²) >= 11 is 0. The van der Waals surface area contributed by atoms with Gasteiger partial charge in [-0.15, -0.1) is 0 Å². The Morgan fingerprint density at radius 1 is 1.27 bits per heavy atom. The maximum atomic E-state index is 12.7. The molecule has 1 aromatic rings. The van der Waals surface area contributed by atoms with Crippen molar-refractivity contribution in [3.05, 3.63) is 35.1 Å². The van der Waals surface area contributed by atoms with Crippen molar-refractivity contribution in [2.75, 3.05) is 13.6 Å². The highest BCUT2D eigenvalue weighted by Crippen LogP contribution is 2.62. The minimum absolute atomic E-state index is 0.0433. The van der Waals surface area contributed by atoms with E-state index >= 15 is 0 Å². The first-order valence-electron chi connectivity index (χ1n) is 11.2. The number of ether oxygens (including phenoxy) is 3. The number of likely N-dealkylation sites (N-methyl/N-ethyl adjacent to an activating group) is 1. The standard InChI is InChI=1S/C24H31NO8/c1-12-6-7-16(27)19-18(12)23-10-11-25(5)15(4)24(23,30)9-8-17(20(23)33-19)32-22(29)14(3)31-21(28)13(2)26/h6-8,13-15,20,26-27,30H,9-11H2,1-5H3/t13-,14-,15+,20-,23-,24+/m0/s1. The second kappa shape index (κ2) is 8.00. The second-order valence-electron chi connectivity index (χ2n) is 9.39. The molecule has 0 unspecified atom stereocenters. The number of rotatable bonds is 4. The molecule has 1 spiro atoms. The molecule has 0 bridgehead atoms. The average molecular weight is 462 g/mol. The SMILES string of the molecule is Cc1ccc(O)c2c1[C@]13CCN(C)[C@H](C)[C@]1(O)CC=C(OC(=O)[C@H](C)OC(=O)[C@H](C)O)[C@@H]3O2. The van der Waals surface area contributed by atoms with Crippen molar-refractivity contribution in [2.24, 2.45) is 0 Å². The topological polar surface area (TPSA) is 126 Å². The number of phenolic OH excluding ortho intramolecular Hbond substituents is 1. The smallest absolute Gasteiger partial charge is 0.352 e. The van der Waals surface area contributed by atoms with Gasteiger partial charge in [0.25, 0.3) is 0 Å². The molecule has 2 aliphatic heterocycles. The molecule has 3 aliphatic rings. The summed E-state index contributed by atoms with van der Waals surface area (Å²) in [5.74, 6) is -1.31. The van der Waals surface area contributed by atoms with Gasteiger partial charge in [-0.2, -0.15) is 0 Å². The third kappa shape index (κ3) is 3.33. The Hall–Kier alpha value is -2.62. The normalized spacial score (nSPS) is 32.4. The lowest BCUT2D eigenvalue weighted by Gasteiger charge is -2.58. The minimum atomic E-state index is -1.37. The zero-order chi connectivity index (χ0) is 24.3. The van der Waals surface area contributed by atoms with E-state index in [0.717, 1.165) is 11.1 Å². The summed E-state index contributed by atoms with van der Waals surface area (Å²) in [5.41, 5.74) is -0.590. The summed E-state index contributed by atoms with van der Waals surface area (Å²) in [6, 6.07) is 3.11. The Bertz CT molecular complexity index is 1020. The quantitative estimate of drug-likeness (QED) is 0.569. The van der Waals surface area contributed by atoms with Crippen LogP contribution in [0.15, 0.2) is 24.0 Å². The number of aliphatic hydroxyl groups excluding tert-OH is 1. The highest BCUT2D eigenvalue weighted by atomic mass is 16.6. The molecule has 0 amide bonds. The van der Waals surface area contributed by atoms with E-state index in [1.807, 2.05) is 20.9 Å². The lowest BCUT2D eigenvalue weighted by Crippen LogP contribution is -2.71. The number of aromatic hydroxyl groups is 1. The Labute approximate surface area is 192 Å². The summed E-state index contributed by atoms with van der Waals surface area (Å²) in [4.78, 5) is 26.5. The number of hydrogen-bond donors (Lipinski definition) is 3. The molecule has 0 saturated carbocycles. The summed E-state index contributed by atoms with van der Waals surface area (Å²) in [6.45, 7) is 7.13. The Balaban J connectivity index is 1.75. The maximum absolute atomic E-state index is 12.7. The van der Waals surface area contributed by atoms with Gasteiger partial charge in [0.1, 0.15) is 11.9 Å². The van der Waals surface area contributed by atoms with Gasteiger partial charge in [0.15, 0.2) is 23.7 Å². The van der Waals surface area contributed by atoms with Gasteiger partial charge >= 0.3 is 11.9 Å². The van der Waals surface area contributed by atoms with E-state index in [9.17, 15) is 24.9 Å². The van der Waals surface area contributed by atoms with E-state index in [2.05, 4.69) is 4.90 Å². The van der Waals surface area contributed by atoms with Crippen LogP contribution in [0.5, 0.6) is 11.5 Å². The predicted octanol–water partition coefficient (Wildman–Crippen LogP) is 1.30. The first-order chi connectivity index (χ1) is 15.4. The molecule has 6 atom stereocenters. The van der Waals surface area contributed by atoms with E-state index in [4.69, 9.17) is 14.2 Å². The number of aliphatic hydroxyl groups is 2. The molecule has 1 aromatic carbocycles. The van der Waals surface area contributed by atoms with Crippen molar-refractivity contribution in [2.45, 2.75) is 75.9 Å². The van der Waals surface area contributed by atoms with Crippen molar-refractivity contribution in [1.29, 1.82) is 0 Å². The van der Waals surface area contributed by atoms with Crippen molar-refractivity contribution < 1.29 is 39.1 Å². The number of hydrogen-bond acceptors (Lipinski definition) is 9. The second-order valence-corrected chi connectivity index (χ2v) is 9.39. The van der Waals surface area contributed by atoms with E-state index in [1.165, 1.54) is 13.8 Å². The number of likely N-dealkylation sites (tertiary alicyclic amines) is 1. The van der Waals surface area contributed by atoms with Gasteiger partial charge in [0.05, 0.1) is 11.0 Å². The molecule has 1 fully saturated rings. The zero-order valence-electron chi connectivity index (χ0n) is 19.5. The van der Waals surface area contributed by atoms with Crippen LogP contribution in [0, 0.1) is 6.92 Å². The van der Waals surface area contributed by atoms with Crippen LogP contribution in [0.4, 0.5) is 0 Å². The average Bonchev–Trinajstić information content (AvgIpc) is 3.13. The van der Waals surface area contributed by atoms with Crippen LogP contribution >= 0.6 is 0 Å². The molecule has 1 saturated heterocycles. The first kappa shape index (κ1) is 23.5. The van der Waals surface area contributed by atoms with E-state index < -0.39 is 41.3 Å². The molecule has 180 valence electrons. The van der Waals surface area contributed by atoms with E-state index in [1.54, 1.807) is 18.2 Å². The number of carbonyl (C=O) groups excluding carboxylic acids is 2. The molecule has 1 aliphatic carbocycles. The van der Waals surface area contributed by atoms with Gasteiger partial charge in [-0.25, -0.2) is 9.59 Å². The molecule has 9 heteroatoms. The van der Waals surface area contributed by atoms with Gasteiger partial charge < -0.3 is 34.4 Å². The van der Waals surface area contributed by atoms with Gasteiger partial charge in [-0.05, 0) is 65.4 Å². The van der Waals surface area contributed by atoms with Crippen molar-refractivity contribution in [3.63, 3.8) is 0 Å². The minimum Gasteiger partial charge on any atom is -0.504 e.